The minimum Gasteiger partial charge on any atom is -0.497 e. The number of methoxy groups -OCH3 is 1. The van der Waals surface area contributed by atoms with E-state index in [1.165, 1.54) is 0 Å². The van der Waals surface area contributed by atoms with Crippen molar-refractivity contribution in [3.05, 3.63) is 34.9 Å². The molecule has 3 heteroatoms. The van der Waals surface area contributed by atoms with Crippen LogP contribution in [0.4, 0.5) is 0 Å². The molecule has 1 aromatic rings. The number of rotatable bonds is 4. The molecule has 0 heterocycles. The van der Waals surface area contributed by atoms with Crippen LogP contribution in [-0.4, -0.2) is 12.4 Å². The molecule has 0 aliphatic carbocycles. The van der Waals surface area contributed by atoms with Crippen LogP contribution < -0.4 is 4.74 Å². The fourth-order valence-corrected chi connectivity index (χ4v) is 1.54. The second-order valence-electron chi connectivity index (χ2n) is 2.77. The van der Waals surface area contributed by atoms with Crippen LogP contribution in [0.1, 0.15) is 12.0 Å². The molecule has 0 amide bonds. The molecule has 0 radical (unpaired) electrons. The molecule has 0 bridgehead atoms. The Morgan fingerprint density at radius 3 is 2.86 bits per heavy atom. The van der Waals surface area contributed by atoms with Crippen molar-refractivity contribution in [1.29, 1.82) is 0 Å². The number of hydrogen-bond donors (Lipinski definition) is 0. The number of halogens is 2. The van der Waals surface area contributed by atoms with Crippen molar-refractivity contribution < 1.29 is 4.74 Å². The maximum absolute atomic E-state index is 6.04. The third-order valence-corrected chi connectivity index (χ3v) is 2.57. The van der Waals surface area contributed by atoms with Crippen LogP contribution in [0.3, 0.4) is 0 Å². The Labute approximate surface area is 97.9 Å². The van der Waals surface area contributed by atoms with Crippen LogP contribution in [-0.2, 0) is 0 Å². The lowest BCUT2D eigenvalue weighted by Crippen LogP contribution is -1.83. The molecular formula is C11H12BrClO. The number of hydrogen-bond acceptors (Lipinski definition) is 1. The van der Waals surface area contributed by atoms with Crippen molar-refractivity contribution in [2.24, 2.45) is 0 Å². The first-order valence-electron chi connectivity index (χ1n) is 4.34. The second-order valence-corrected chi connectivity index (χ2v) is 3.97. The maximum Gasteiger partial charge on any atom is 0.120 e. The van der Waals surface area contributed by atoms with Crippen LogP contribution in [0, 0.1) is 0 Å². The maximum atomic E-state index is 6.04. The average Bonchev–Trinajstić information content (AvgIpc) is 2.20. The summed E-state index contributed by atoms with van der Waals surface area (Å²) in [4.78, 5) is 0. The molecular weight excluding hydrogens is 263 g/mol. The molecule has 76 valence electrons. The van der Waals surface area contributed by atoms with Crippen LogP contribution in [0.2, 0.25) is 5.02 Å². The van der Waals surface area contributed by atoms with Crippen molar-refractivity contribution in [1.82, 2.24) is 0 Å². The van der Waals surface area contributed by atoms with E-state index in [-0.39, 0.29) is 0 Å². The van der Waals surface area contributed by atoms with Crippen LogP contribution in [0.15, 0.2) is 24.3 Å². The van der Waals surface area contributed by atoms with Crippen molar-refractivity contribution in [2.75, 3.05) is 12.4 Å². The molecule has 1 aromatic carbocycles. The molecule has 0 unspecified atom stereocenters. The summed E-state index contributed by atoms with van der Waals surface area (Å²) in [6, 6.07) is 5.67. The number of alkyl halides is 1. The SMILES string of the molecule is COc1ccc(C=CCCBr)c(Cl)c1. The van der Waals surface area contributed by atoms with Gasteiger partial charge in [0.05, 0.1) is 12.1 Å². The zero-order valence-corrected chi connectivity index (χ0v) is 10.3. The van der Waals surface area contributed by atoms with Gasteiger partial charge in [-0.15, -0.1) is 0 Å². The lowest BCUT2D eigenvalue weighted by molar-refractivity contribution is 0.415. The first-order valence-corrected chi connectivity index (χ1v) is 5.84. The smallest absolute Gasteiger partial charge is 0.120 e. The Kier molecular flexibility index (Phi) is 5.05. The highest BCUT2D eigenvalue weighted by Gasteiger charge is 1.98. The van der Waals surface area contributed by atoms with Crippen molar-refractivity contribution in [3.63, 3.8) is 0 Å². The van der Waals surface area contributed by atoms with E-state index in [0.29, 0.717) is 0 Å². The molecule has 1 nitrogen and oxygen atoms in total. The molecule has 0 aliphatic heterocycles. The van der Waals surface area contributed by atoms with Crippen LogP contribution in [0.25, 0.3) is 6.08 Å². The zero-order chi connectivity index (χ0) is 10.4. The highest BCUT2D eigenvalue weighted by atomic mass is 79.9. The third kappa shape index (κ3) is 3.35. The number of allylic oxidation sites excluding steroid dienone is 1. The first kappa shape index (κ1) is 11.6. The summed E-state index contributed by atoms with van der Waals surface area (Å²) in [7, 11) is 1.63. The highest BCUT2D eigenvalue weighted by Crippen LogP contribution is 2.23. The molecule has 1 rings (SSSR count). The molecule has 0 atom stereocenters. The van der Waals surface area contributed by atoms with E-state index in [2.05, 4.69) is 22.0 Å². The van der Waals surface area contributed by atoms with Gasteiger partial charge in [-0.2, -0.15) is 0 Å². The third-order valence-electron chi connectivity index (χ3n) is 1.78. The lowest BCUT2D eigenvalue weighted by Gasteiger charge is -2.02. The summed E-state index contributed by atoms with van der Waals surface area (Å²) in [5, 5.41) is 1.69. The monoisotopic (exact) mass is 274 g/mol. The summed E-state index contributed by atoms with van der Waals surface area (Å²) in [6.45, 7) is 0. The number of benzene rings is 1. The Balaban J connectivity index is 2.78. The molecule has 0 spiro atoms. The second kappa shape index (κ2) is 6.10. The summed E-state index contributed by atoms with van der Waals surface area (Å²) in [6.07, 6.45) is 5.10. The quantitative estimate of drug-likeness (QED) is 0.750. The summed E-state index contributed by atoms with van der Waals surface area (Å²) < 4.78 is 5.06. The van der Waals surface area contributed by atoms with E-state index in [1.807, 2.05) is 24.3 Å². The summed E-state index contributed by atoms with van der Waals surface area (Å²) >= 11 is 9.40. The standard InChI is InChI=1S/C11H12BrClO/c1-14-10-6-5-9(11(13)8-10)4-2-3-7-12/h2,4-6,8H,3,7H2,1H3. The molecule has 0 saturated carbocycles. The molecule has 0 fully saturated rings. The van der Waals surface area contributed by atoms with Gasteiger partial charge in [0.25, 0.3) is 0 Å². The van der Waals surface area contributed by atoms with E-state index in [1.54, 1.807) is 7.11 Å². The van der Waals surface area contributed by atoms with Gasteiger partial charge < -0.3 is 4.74 Å². The van der Waals surface area contributed by atoms with Crippen molar-refractivity contribution in [3.8, 4) is 5.75 Å². The minimum atomic E-state index is 0.718. The van der Waals surface area contributed by atoms with Gasteiger partial charge in [0.1, 0.15) is 5.75 Å². The van der Waals surface area contributed by atoms with Gasteiger partial charge >= 0.3 is 0 Å². The fraction of sp³-hybridized carbons (Fsp3) is 0.273. The predicted molar refractivity (Wildman–Crippen MR) is 65.4 cm³/mol. The van der Waals surface area contributed by atoms with Gasteiger partial charge in [-0.25, -0.2) is 0 Å². The summed E-state index contributed by atoms with van der Waals surface area (Å²) in [5.74, 6) is 0.785. The highest BCUT2D eigenvalue weighted by molar-refractivity contribution is 9.09. The molecule has 0 aliphatic rings. The molecule has 0 aromatic heterocycles. The minimum absolute atomic E-state index is 0.718. The van der Waals surface area contributed by atoms with E-state index >= 15 is 0 Å². The van der Waals surface area contributed by atoms with Gasteiger partial charge in [0, 0.05) is 5.33 Å². The Hall–Kier alpha value is -0.470. The predicted octanol–water partition coefficient (Wildman–Crippen LogP) is 4.15. The van der Waals surface area contributed by atoms with Gasteiger partial charge in [-0.1, -0.05) is 39.7 Å². The van der Waals surface area contributed by atoms with Crippen LogP contribution >= 0.6 is 27.5 Å². The molecule has 14 heavy (non-hydrogen) atoms. The molecule has 0 saturated heterocycles. The summed E-state index contributed by atoms with van der Waals surface area (Å²) in [5.41, 5.74) is 1.02. The first-order chi connectivity index (χ1) is 6.77. The van der Waals surface area contributed by atoms with Crippen molar-refractivity contribution >= 4 is 33.6 Å². The van der Waals surface area contributed by atoms with Gasteiger partial charge in [0.15, 0.2) is 0 Å². The van der Waals surface area contributed by atoms with Gasteiger partial charge in [-0.05, 0) is 30.2 Å². The number of ether oxygens (including phenoxy) is 1. The molecule has 0 N–H and O–H groups in total. The van der Waals surface area contributed by atoms with Gasteiger partial charge in [-0.3, -0.25) is 0 Å². The largest absolute Gasteiger partial charge is 0.497 e. The van der Waals surface area contributed by atoms with E-state index in [0.717, 1.165) is 28.1 Å². The van der Waals surface area contributed by atoms with Gasteiger partial charge in [0.2, 0.25) is 0 Å². The Bertz CT molecular complexity index is 323. The van der Waals surface area contributed by atoms with Crippen molar-refractivity contribution in [2.45, 2.75) is 6.42 Å². The van der Waals surface area contributed by atoms with E-state index < -0.39 is 0 Å². The van der Waals surface area contributed by atoms with E-state index in [9.17, 15) is 0 Å². The average molecular weight is 276 g/mol. The van der Waals surface area contributed by atoms with Crippen LogP contribution in [0.5, 0.6) is 5.75 Å². The zero-order valence-electron chi connectivity index (χ0n) is 7.97. The van der Waals surface area contributed by atoms with E-state index in [4.69, 9.17) is 16.3 Å². The Morgan fingerprint density at radius 1 is 1.50 bits per heavy atom. The normalized spacial score (nSPS) is 10.8. The Morgan fingerprint density at radius 2 is 2.29 bits per heavy atom. The fourth-order valence-electron chi connectivity index (χ4n) is 1.04. The lowest BCUT2D eigenvalue weighted by atomic mass is 10.2. The topological polar surface area (TPSA) is 9.23 Å².